The van der Waals surface area contributed by atoms with Gasteiger partial charge in [-0.1, -0.05) is 0 Å². The number of halogens is 2. The van der Waals surface area contributed by atoms with Crippen LogP contribution in [0.25, 0.3) is 0 Å². The van der Waals surface area contributed by atoms with Crippen molar-refractivity contribution >= 4 is 0 Å². The summed E-state index contributed by atoms with van der Waals surface area (Å²) < 4.78 is 34.0. The Kier molecular flexibility index (Phi) is 2.99. The highest BCUT2D eigenvalue weighted by molar-refractivity contribution is 4.93. The fourth-order valence-electron chi connectivity index (χ4n) is 2.27. The third kappa shape index (κ3) is 2.21. The lowest BCUT2D eigenvalue weighted by Gasteiger charge is -2.32. The number of piperidine rings is 1. The molecule has 14 heavy (non-hydrogen) atoms. The Morgan fingerprint density at radius 2 is 2.07 bits per heavy atom. The normalized spacial score (nSPS) is 31.5. The number of rotatable bonds is 2. The van der Waals surface area contributed by atoms with Crippen LogP contribution in [0.2, 0.25) is 0 Å². The molecule has 2 aliphatic rings. The topological polar surface area (TPSA) is 30.5 Å². The highest BCUT2D eigenvalue weighted by atomic mass is 19.3. The average molecular weight is 207 g/mol. The van der Waals surface area contributed by atoms with E-state index in [-0.39, 0.29) is 5.60 Å². The minimum atomic E-state index is -2.68. The number of hydrogen-bond acceptors (Lipinski definition) is 3. The highest BCUT2D eigenvalue weighted by Crippen LogP contribution is 2.35. The first kappa shape index (κ1) is 10.3. The summed E-state index contributed by atoms with van der Waals surface area (Å²) in [6.07, 6.45) is 1.98. The quantitative estimate of drug-likeness (QED) is 0.736. The van der Waals surface area contributed by atoms with Gasteiger partial charge in [0, 0.05) is 6.42 Å². The molecular formula is C9H15F2NO2. The van der Waals surface area contributed by atoms with Crippen molar-refractivity contribution in [1.29, 1.82) is 0 Å². The number of nitrogens with one attached hydrogen (secondary N) is 1. The molecule has 1 atom stereocenters. The third-order valence-electron chi connectivity index (χ3n) is 2.99. The summed E-state index contributed by atoms with van der Waals surface area (Å²) in [6, 6.07) is 0. The van der Waals surface area contributed by atoms with E-state index >= 15 is 0 Å². The van der Waals surface area contributed by atoms with Gasteiger partial charge in [-0.05, 0) is 25.9 Å². The van der Waals surface area contributed by atoms with Gasteiger partial charge in [-0.3, -0.25) is 0 Å². The molecule has 5 heteroatoms. The zero-order valence-corrected chi connectivity index (χ0v) is 7.97. The van der Waals surface area contributed by atoms with Crippen LogP contribution in [0.4, 0.5) is 8.78 Å². The first-order valence-corrected chi connectivity index (χ1v) is 4.98. The Hall–Kier alpha value is -0.260. The van der Waals surface area contributed by atoms with E-state index in [1.54, 1.807) is 0 Å². The van der Waals surface area contributed by atoms with Gasteiger partial charge in [0.05, 0.1) is 18.3 Å². The van der Waals surface area contributed by atoms with Crippen LogP contribution in [-0.2, 0) is 9.47 Å². The molecule has 2 saturated heterocycles. The van der Waals surface area contributed by atoms with E-state index in [0.717, 1.165) is 25.9 Å². The fourth-order valence-corrected chi connectivity index (χ4v) is 2.27. The van der Waals surface area contributed by atoms with Crippen LogP contribution in [-0.4, -0.2) is 38.0 Å². The van der Waals surface area contributed by atoms with Gasteiger partial charge in [0.15, 0.2) is 0 Å². The standard InChI is InChI=1S/C9H15F2NO2/c10-8(11)14-7-5-9(13-6-7)1-3-12-4-2-9/h7-8,12H,1-6H2. The van der Waals surface area contributed by atoms with Gasteiger partial charge in [0.1, 0.15) is 0 Å². The predicted octanol–water partition coefficient (Wildman–Crippen LogP) is 1.14. The fraction of sp³-hybridized carbons (Fsp3) is 1.00. The van der Waals surface area contributed by atoms with Crippen LogP contribution in [0.15, 0.2) is 0 Å². The first-order valence-electron chi connectivity index (χ1n) is 4.98. The average Bonchev–Trinajstić information content (AvgIpc) is 2.49. The summed E-state index contributed by atoms with van der Waals surface area (Å²) in [5.74, 6) is 0. The van der Waals surface area contributed by atoms with Crippen LogP contribution in [0.5, 0.6) is 0 Å². The molecule has 2 aliphatic heterocycles. The maximum Gasteiger partial charge on any atom is 0.345 e. The molecule has 2 fully saturated rings. The molecular weight excluding hydrogens is 192 g/mol. The maximum atomic E-state index is 12.0. The molecule has 2 rings (SSSR count). The molecule has 3 nitrogen and oxygen atoms in total. The summed E-state index contributed by atoms with van der Waals surface area (Å²) in [5, 5.41) is 3.22. The van der Waals surface area contributed by atoms with Crippen molar-refractivity contribution in [3.8, 4) is 0 Å². The molecule has 0 amide bonds. The molecule has 0 saturated carbocycles. The molecule has 0 bridgehead atoms. The van der Waals surface area contributed by atoms with Crippen molar-refractivity contribution in [2.45, 2.75) is 37.6 Å². The number of ether oxygens (including phenoxy) is 2. The number of hydrogen-bond donors (Lipinski definition) is 1. The Morgan fingerprint density at radius 1 is 1.36 bits per heavy atom. The molecule has 1 N–H and O–H groups in total. The smallest absolute Gasteiger partial charge is 0.345 e. The molecule has 0 aromatic rings. The van der Waals surface area contributed by atoms with Crippen molar-refractivity contribution in [2.24, 2.45) is 0 Å². The SMILES string of the molecule is FC(F)OC1COC2(CCNCC2)C1. The van der Waals surface area contributed by atoms with Crippen LogP contribution >= 0.6 is 0 Å². The maximum absolute atomic E-state index is 12.0. The molecule has 2 heterocycles. The summed E-state index contributed by atoms with van der Waals surface area (Å²) in [6.45, 7) is -0.562. The van der Waals surface area contributed by atoms with Crippen molar-refractivity contribution in [3.63, 3.8) is 0 Å². The van der Waals surface area contributed by atoms with Crippen LogP contribution in [0, 0.1) is 0 Å². The Bertz CT molecular complexity index is 195. The largest absolute Gasteiger partial charge is 0.372 e. The first-order chi connectivity index (χ1) is 6.70. The van der Waals surface area contributed by atoms with Gasteiger partial charge in [-0.25, -0.2) is 0 Å². The van der Waals surface area contributed by atoms with Gasteiger partial charge in [0.2, 0.25) is 0 Å². The molecule has 0 aliphatic carbocycles. The van der Waals surface area contributed by atoms with E-state index < -0.39 is 12.7 Å². The van der Waals surface area contributed by atoms with Gasteiger partial charge < -0.3 is 14.8 Å². The van der Waals surface area contributed by atoms with Crippen LogP contribution in [0.1, 0.15) is 19.3 Å². The summed E-state index contributed by atoms with van der Waals surface area (Å²) >= 11 is 0. The van der Waals surface area contributed by atoms with E-state index in [1.165, 1.54) is 0 Å². The van der Waals surface area contributed by atoms with Crippen molar-refractivity contribution in [3.05, 3.63) is 0 Å². The van der Waals surface area contributed by atoms with E-state index in [2.05, 4.69) is 10.1 Å². The Labute approximate surface area is 81.8 Å². The van der Waals surface area contributed by atoms with Gasteiger partial charge in [-0.15, -0.1) is 0 Å². The van der Waals surface area contributed by atoms with Crippen molar-refractivity contribution in [1.82, 2.24) is 5.32 Å². The van der Waals surface area contributed by atoms with E-state index in [9.17, 15) is 8.78 Å². The van der Waals surface area contributed by atoms with Gasteiger partial charge in [0.25, 0.3) is 0 Å². The van der Waals surface area contributed by atoms with E-state index in [0.29, 0.717) is 13.0 Å². The molecule has 82 valence electrons. The van der Waals surface area contributed by atoms with Crippen LogP contribution in [0.3, 0.4) is 0 Å². The predicted molar refractivity (Wildman–Crippen MR) is 46.3 cm³/mol. The lowest BCUT2D eigenvalue weighted by molar-refractivity contribution is -0.161. The second-order valence-corrected chi connectivity index (χ2v) is 3.97. The minimum absolute atomic E-state index is 0.190. The highest BCUT2D eigenvalue weighted by Gasteiger charge is 2.42. The zero-order chi connectivity index (χ0) is 10.0. The van der Waals surface area contributed by atoms with Gasteiger partial charge >= 0.3 is 6.61 Å². The van der Waals surface area contributed by atoms with Gasteiger partial charge in [-0.2, -0.15) is 8.78 Å². The third-order valence-corrected chi connectivity index (χ3v) is 2.99. The minimum Gasteiger partial charge on any atom is -0.372 e. The lowest BCUT2D eigenvalue weighted by atomic mass is 9.89. The van der Waals surface area contributed by atoms with E-state index in [4.69, 9.17) is 4.74 Å². The van der Waals surface area contributed by atoms with E-state index in [1.807, 2.05) is 0 Å². The molecule has 1 unspecified atom stereocenters. The summed E-state index contributed by atoms with van der Waals surface area (Å²) in [7, 11) is 0. The molecule has 0 aromatic carbocycles. The molecule has 1 spiro atoms. The zero-order valence-electron chi connectivity index (χ0n) is 7.97. The Balaban J connectivity index is 1.86. The molecule has 0 aromatic heterocycles. The van der Waals surface area contributed by atoms with Crippen molar-refractivity contribution < 1.29 is 18.3 Å². The monoisotopic (exact) mass is 207 g/mol. The summed E-state index contributed by atoms with van der Waals surface area (Å²) in [5.41, 5.74) is -0.190. The lowest BCUT2D eigenvalue weighted by Crippen LogP contribution is -2.41. The Morgan fingerprint density at radius 3 is 2.71 bits per heavy atom. The van der Waals surface area contributed by atoms with Crippen LogP contribution < -0.4 is 5.32 Å². The molecule has 0 radical (unpaired) electrons. The van der Waals surface area contributed by atoms with Crippen molar-refractivity contribution in [2.75, 3.05) is 19.7 Å². The summed E-state index contributed by atoms with van der Waals surface area (Å²) in [4.78, 5) is 0. The second-order valence-electron chi connectivity index (χ2n) is 3.97. The number of alkyl halides is 2. The second kappa shape index (κ2) is 4.08.